The molecular weight excluding hydrogens is 257 g/mol. The molecule has 73 valence electrons. The number of hydrogen-bond acceptors (Lipinski definition) is 0. The molecule has 0 aliphatic heterocycles. The summed E-state index contributed by atoms with van der Waals surface area (Å²) in [5.74, 6) is 0. The zero-order valence-corrected chi connectivity index (χ0v) is 11.7. The molecule has 0 N–H and O–H groups in total. The number of benzene rings is 2. The quantitative estimate of drug-likeness (QED) is 0.734. The Morgan fingerprint density at radius 1 is 0.933 bits per heavy atom. The summed E-state index contributed by atoms with van der Waals surface area (Å²) < 4.78 is 0. The first kappa shape index (κ1) is 12.6. The summed E-state index contributed by atoms with van der Waals surface area (Å²) in [6.45, 7) is 2.08. The second-order valence-corrected chi connectivity index (χ2v) is 3.52. The van der Waals surface area contributed by atoms with Crippen molar-refractivity contribution in [3.05, 3.63) is 71.3 Å². The normalized spacial score (nSPS) is 9.40. The maximum atomic E-state index is 3.36. The molecule has 0 heterocycles. The Balaban J connectivity index is 0.00000112. The molecule has 2 rings (SSSR count). The van der Waals surface area contributed by atoms with Gasteiger partial charge >= 0.3 is 0 Å². The Bertz CT molecular complexity index is 407. The molecule has 15 heavy (non-hydrogen) atoms. The Hall–Kier alpha value is -0.456. The summed E-state index contributed by atoms with van der Waals surface area (Å²) in [4.78, 5) is 0. The van der Waals surface area contributed by atoms with E-state index in [-0.39, 0.29) is 32.7 Å². The third-order valence-corrected chi connectivity index (χ3v) is 2.24. The van der Waals surface area contributed by atoms with Crippen molar-refractivity contribution in [2.24, 2.45) is 0 Å². The van der Waals surface area contributed by atoms with E-state index in [2.05, 4.69) is 55.5 Å². The summed E-state index contributed by atoms with van der Waals surface area (Å²) in [6.07, 6.45) is 0.975. The Labute approximate surface area is 117 Å². The largest absolute Gasteiger partial charge is 0.177 e. The molecule has 0 saturated heterocycles. The van der Waals surface area contributed by atoms with Gasteiger partial charge in [-0.25, -0.2) is 0 Å². The Kier molecular flexibility index (Phi) is 5.21. The van der Waals surface area contributed by atoms with Gasteiger partial charge in [0.15, 0.2) is 0 Å². The predicted octanol–water partition coefficient (Wildman–Crippen LogP) is 3.38. The van der Waals surface area contributed by atoms with Crippen molar-refractivity contribution in [1.82, 2.24) is 0 Å². The zero-order chi connectivity index (χ0) is 9.80. The molecule has 0 aliphatic carbocycles. The topological polar surface area (TPSA) is 0 Å². The molecule has 0 atom stereocenters. The first-order valence-electron chi connectivity index (χ1n) is 4.86. The predicted molar refractivity (Wildman–Crippen MR) is 59.3 cm³/mol. The van der Waals surface area contributed by atoms with Crippen LogP contribution in [-0.4, -0.2) is 0 Å². The molecule has 0 amide bonds. The molecular formula is C14H13Y-. The van der Waals surface area contributed by atoms with E-state index < -0.39 is 0 Å². The van der Waals surface area contributed by atoms with E-state index in [1.54, 1.807) is 0 Å². The van der Waals surface area contributed by atoms with E-state index in [1.165, 1.54) is 16.7 Å². The average molecular weight is 270 g/mol. The fourth-order valence-corrected chi connectivity index (χ4v) is 1.56. The molecule has 0 nitrogen and oxygen atoms in total. The van der Waals surface area contributed by atoms with E-state index in [0.717, 1.165) is 6.42 Å². The van der Waals surface area contributed by atoms with Crippen LogP contribution in [0.25, 0.3) is 0 Å². The van der Waals surface area contributed by atoms with Crippen LogP contribution in [0.15, 0.2) is 48.5 Å². The van der Waals surface area contributed by atoms with Crippen LogP contribution in [0.5, 0.6) is 0 Å². The minimum absolute atomic E-state index is 0. The van der Waals surface area contributed by atoms with Crippen molar-refractivity contribution >= 4 is 0 Å². The minimum atomic E-state index is 0. The average Bonchev–Trinajstić information content (AvgIpc) is 2.19. The summed E-state index contributed by atoms with van der Waals surface area (Å²) in [6, 6.07) is 20.1. The first-order valence-corrected chi connectivity index (χ1v) is 4.86. The molecule has 0 bridgehead atoms. The second kappa shape index (κ2) is 6.20. The van der Waals surface area contributed by atoms with Gasteiger partial charge < -0.3 is 0 Å². The van der Waals surface area contributed by atoms with Gasteiger partial charge in [0.25, 0.3) is 0 Å². The molecule has 2 aromatic rings. The molecule has 0 aromatic heterocycles. The smallest absolute Gasteiger partial charge is 0 e. The third kappa shape index (κ3) is 3.89. The molecule has 0 saturated carbocycles. The number of hydrogen-bond donors (Lipinski definition) is 0. The van der Waals surface area contributed by atoms with Crippen LogP contribution in [0.2, 0.25) is 0 Å². The van der Waals surface area contributed by atoms with Gasteiger partial charge in [-0.1, -0.05) is 37.3 Å². The Morgan fingerprint density at radius 3 is 2.33 bits per heavy atom. The molecule has 0 aliphatic rings. The van der Waals surface area contributed by atoms with E-state index in [9.17, 15) is 0 Å². The summed E-state index contributed by atoms with van der Waals surface area (Å²) >= 11 is 0. The van der Waals surface area contributed by atoms with Gasteiger partial charge in [-0.2, -0.15) is 35.4 Å². The molecule has 0 unspecified atom stereocenters. The van der Waals surface area contributed by atoms with Crippen LogP contribution in [0, 0.1) is 13.0 Å². The fourth-order valence-electron chi connectivity index (χ4n) is 1.56. The third-order valence-electron chi connectivity index (χ3n) is 2.24. The SMILES string of the molecule is Cc1[c-]c(Cc2ccccc2)ccc1.[Y]. The monoisotopic (exact) mass is 270 g/mol. The van der Waals surface area contributed by atoms with Gasteiger partial charge in [-0.15, -0.1) is 0 Å². The Morgan fingerprint density at radius 2 is 1.67 bits per heavy atom. The number of rotatable bonds is 2. The summed E-state index contributed by atoms with van der Waals surface area (Å²) in [5, 5.41) is 0. The van der Waals surface area contributed by atoms with Crippen LogP contribution in [0.4, 0.5) is 0 Å². The molecule has 2 aromatic carbocycles. The van der Waals surface area contributed by atoms with Crippen molar-refractivity contribution in [1.29, 1.82) is 0 Å². The molecule has 1 heteroatoms. The van der Waals surface area contributed by atoms with E-state index in [0.29, 0.717) is 0 Å². The molecule has 1 radical (unpaired) electrons. The van der Waals surface area contributed by atoms with E-state index in [4.69, 9.17) is 0 Å². The molecule has 0 fully saturated rings. The van der Waals surface area contributed by atoms with Crippen LogP contribution < -0.4 is 0 Å². The maximum absolute atomic E-state index is 3.36. The van der Waals surface area contributed by atoms with Gasteiger partial charge in [0, 0.05) is 32.7 Å². The van der Waals surface area contributed by atoms with Crippen molar-refractivity contribution in [3.8, 4) is 0 Å². The fraction of sp³-hybridized carbons (Fsp3) is 0.143. The van der Waals surface area contributed by atoms with Crippen LogP contribution in [0.1, 0.15) is 16.7 Å². The first-order chi connectivity index (χ1) is 6.84. The molecule has 0 spiro atoms. The van der Waals surface area contributed by atoms with Crippen LogP contribution >= 0.6 is 0 Å². The minimum Gasteiger partial charge on any atom is -0.177 e. The van der Waals surface area contributed by atoms with Gasteiger partial charge in [0.1, 0.15) is 0 Å². The van der Waals surface area contributed by atoms with Gasteiger partial charge in [0.2, 0.25) is 0 Å². The van der Waals surface area contributed by atoms with Crippen molar-refractivity contribution in [3.63, 3.8) is 0 Å². The standard InChI is InChI=1S/C14H13.Y/c1-12-6-5-9-14(10-12)11-13-7-3-2-4-8-13;/h2-9H,11H2,1H3;/q-1;. The summed E-state index contributed by atoms with van der Waals surface area (Å²) in [7, 11) is 0. The van der Waals surface area contributed by atoms with Crippen molar-refractivity contribution in [2.45, 2.75) is 13.3 Å². The maximum Gasteiger partial charge on any atom is 0 e. The van der Waals surface area contributed by atoms with Crippen molar-refractivity contribution in [2.75, 3.05) is 0 Å². The van der Waals surface area contributed by atoms with Gasteiger partial charge in [-0.3, -0.25) is 0 Å². The number of aryl methyl sites for hydroxylation is 1. The van der Waals surface area contributed by atoms with Gasteiger partial charge in [0.05, 0.1) is 0 Å². The van der Waals surface area contributed by atoms with E-state index >= 15 is 0 Å². The zero-order valence-electron chi connectivity index (χ0n) is 8.90. The second-order valence-electron chi connectivity index (χ2n) is 3.52. The van der Waals surface area contributed by atoms with Crippen LogP contribution in [-0.2, 0) is 39.1 Å². The van der Waals surface area contributed by atoms with Crippen LogP contribution in [0.3, 0.4) is 0 Å². The summed E-state index contributed by atoms with van der Waals surface area (Å²) in [5.41, 5.74) is 3.81. The van der Waals surface area contributed by atoms with E-state index in [1.807, 2.05) is 6.07 Å². The van der Waals surface area contributed by atoms with Crippen molar-refractivity contribution < 1.29 is 32.7 Å². The van der Waals surface area contributed by atoms with Gasteiger partial charge in [-0.05, 0) is 12.0 Å².